The molecule has 0 heterocycles. The molecule has 0 saturated carbocycles. The first-order valence-electron chi connectivity index (χ1n) is 5.20. The van der Waals surface area contributed by atoms with E-state index in [2.05, 4.69) is 15.9 Å². The fraction of sp³-hybridized carbons (Fsp3) is 0.0714. The molecule has 0 aliphatic carbocycles. The first-order chi connectivity index (χ1) is 8.16. The number of halogens is 1. The van der Waals surface area contributed by atoms with Gasteiger partial charge in [-0.3, -0.25) is 0 Å². The van der Waals surface area contributed by atoms with E-state index < -0.39 is 0 Å². The van der Waals surface area contributed by atoms with Gasteiger partial charge in [-0.25, -0.2) is 4.79 Å². The van der Waals surface area contributed by atoms with Crippen molar-refractivity contribution in [2.75, 3.05) is 0 Å². The van der Waals surface area contributed by atoms with Gasteiger partial charge in [0.25, 0.3) is 0 Å². The highest BCUT2D eigenvalue weighted by Crippen LogP contribution is 2.19. The third kappa shape index (κ3) is 2.94. The van der Waals surface area contributed by atoms with Crippen LogP contribution < -0.4 is 4.74 Å². The number of aryl methyl sites for hydroxylation is 1. The van der Waals surface area contributed by atoms with Gasteiger partial charge < -0.3 is 4.74 Å². The predicted octanol–water partition coefficient (Wildman–Crippen LogP) is 3.98. The van der Waals surface area contributed by atoms with Crippen molar-refractivity contribution in [3.63, 3.8) is 0 Å². The van der Waals surface area contributed by atoms with Crippen molar-refractivity contribution < 1.29 is 9.53 Å². The number of ether oxygens (including phenoxy) is 1. The summed E-state index contributed by atoms with van der Waals surface area (Å²) in [6, 6.07) is 14.4. The molecule has 0 unspecified atom stereocenters. The van der Waals surface area contributed by atoms with Crippen LogP contribution in [0.5, 0.6) is 5.75 Å². The van der Waals surface area contributed by atoms with Crippen molar-refractivity contribution in [3.05, 3.63) is 64.1 Å². The largest absolute Gasteiger partial charge is 0.423 e. The molecule has 0 radical (unpaired) electrons. The van der Waals surface area contributed by atoms with Gasteiger partial charge in [0.15, 0.2) is 0 Å². The van der Waals surface area contributed by atoms with Gasteiger partial charge in [0.05, 0.1) is 5.56 Å². The number of hydrogen-bond donors (Lipinski definition) is 0. The van der Waals surface area contributed by atoms with Gasteiger partial charge in [-0.05, 0) is 36.8 Å². The Kier molecular flexibility index (Phi) is 3.59. The summed E-state index contributed by atoms with van der Waals surface area (Å²) in [6.07, 6.45) is 0. The first kappa shape index (κ1) is 11.9. The quantitative estimate of drug-likeness (QED) is 0.618. The normalized spacial score (nSPS) is 10.0. The molecule has 17 heavy (non-hydrogen) atoms. The van der Waals surface area contributed by atoms with Crippen LogP contribution in [0.3, 0.4) is 0 Å². The molecule has 2 aromatic rings. The number of benzene rings is 2. The fourth-order valence-corrected chi connectivity index (χ4v) is 1.75. The number of hydrogen-bond acceptors (Lipinski definition) is 2. The van der Waals surface area contributed by atoms with Crippen LogP contribution in [0.4, 0.5) is 0 Å². The lowest BCUT2D eigenvalue weighted by molar-refractivity contribution is 0.0734. The first-order valence-corrected chi connectivity index (χ1v) is 5.99. The Bertz CT molecular complexity index is 535. The maximum absolute atomic E-state index is 11.8. The molecule has 0 fully saturated rings. The molecule has 86 valence electrons. The Labute approximate surface area is 108 Å². The Balaban J connectivity index is 2.18. The maximum Gasteiger partial charge on any atom is 0.343 e. The maximum atomic E-state index is 11.8. The van der Waals surface area contributed by atoms with Crippen molar-refractivity contribution in [1.29, 1.82) is 0 Å². The molecule has 0 aliphatic rings. The van der Waals surface area contributed by atoms with E-state index in [9.17, 15) is 4.79 Å². The van der Waals surface area contributed by atoms with Gasteiger partial charge in [0.2, 0.25) is 0 Å². The molecule has 2 rings (SSSR count). The SMILES string of the molecule is Cc1ccc(C(=O)Oc2ccccc2)cc1Br. The molecule has 0 saturated heterocycles. The van der Waals surface area contributed by atoms with E-state index in [4.69, 9.17) is 4.74 Å². The summed E-state index contributed by atoms with van der Waals surface area (Å²) < 4.78 is 6.14. The smallest absolute Gasteiger partial charge is 0.343 e. The molecule has 0 aliphatic heterocycles. The molecular formula is C14H11BrO2. The molecule has 0 bridgehead atoms. The lowest BCUT2D eigenvalue weighted by Crippen LogP contribution is -2.08. The molecule has 3 heteroatoms. The monoisotopic (exact) mass is 290 g/mol. The number of carbonyl (C=O) groups is 1. The van der Waals surface area contributed by atoms with E-state index in [0.29, 0.717) is 11.3 Å². The van der Waals surface area contributed by atoms with Gasteiger partial charge in [-0.1, -0.05) is 40.2 Å². The summed E-state index contributed by atoms with van der Waals surface area (Å²) in [5.41, 5.74) is 1.62. The van der Waals surface area contributed by atoms with E-state index in [-0.39, 0.29) is 5.97 Å². The molecule has 2 nitrogen and oxygen atoms in total. The van der Waals surface area contributed by atoms with E-state index in [1.807, 2.05) is 31.2 Å². The number of para-hydroxylation sites is 1. The average molecular weight is 291 g/mol. The number of carbonyl (C=O) groups excluding carboxylic acids is 1. The predicted molar refractivity (Wildman–Crippen MR) is 70.3 cm³/mol. The summed E-state index contributed by atoms with van der Waals surface area (Å²) in [4.78, 5) is 11.8. The van der Waals surface area contributed by atoms with Gasteiger partial charge >= 0.3 is 5.97 Å². The molecule has 0 N–H and O–H groups in total. The third-order valence-corrected chi connectivity index (χ3v) is 3.22. The van der Waals surface area contributed by atoms with Crippen LogP contribution in [0.25, 0.3) is 0 Å². The fourth-order valence-electron chi connectivity index (χ4n) is 1.37. The Hall–Kier alpha value is -1.61. The van der Waals surface area contributed by atoms with Crippen molar-refractivity contribution >= 4 is 21.9 Å². The third-order valence-electron chi connectivity index (χ3n) is 2.36. The van der Waals surface area contributed by atoms with Crippen LogP contribution in [0.15, 0.2) is 53.0 Å². The van der Waals surface area contributed by atoms with E-state index in [1.165, 1.54) is 0 Å². The molecule has 2 aromatic carbocycles. The second kappa shape index (κ2) is 5.15. The van der Waals surface area contributed by atoms with Crippen LogP contribution in [0.1, 0.15) is 15.9 Å². The van der Waals surface area contributed by atoms with Crippen molar-refractivity contribution in [2.24, 2.45) is 0 Å². The second-order valence-electron chi connectivity index (χ2n) is 3.67. The number of esters is 1. The highest BCUT2D eigenvalue weighted by Gasteiger charge is 2.09. The highest BCUT2D eigenvalue weighted by atomic mass is 79.9. The number of rotatable bonds is 2. The zero-order chi connectivity index (χ0) is 12.3. The second-order valence-corrected chi connectivity index (χ2v) is 4.52. The lowest BCUT2D eigenvalue weighted by Gasteiger charge is -2.05. The summed E-state index contributed by atoms with van der Waals surface area (Å²) in [5.74, 6) is 0.200. The summed E-state index contributed by atoms with van der Waals surface area (Å²) >= 11 is 3.39. The Morgan fingerprint density at radius 2 is 1.82 bits per heavy atom. The van der Waals surface area contributed by atoms with Crippen molar-refractivity contribution in [3.8, 4) is 5.75 Å². The van der Waals surface area contributed by atoms with Crippen LogP contribution in [-0.2, 0) is 0 Å². The van der Waals surface area contributed by atoms with E-state index in [1.54, 1.807) is 24.3 Å². The van der Waals surface area contributed by atoms with Crippen molar-refractivity contribution in [1.82, 2.24) is 0 Å². The average Bonchev–Trinajstić information content (AvgIpc) is 2.34. The lowest BCUT2D eigenvalue weighted by atomic mass is 10.1. The van der Waals surface area contributed by atoms with Crippen LogP contribution in [-0.4, -0.2) is 5.97 Å². The highest BCUT2D eigenvalue weighted by molar-refractivity contribution is 9.10. The Morgan fingerprint density at radius 3 is 2.47 bits per heavy atom. The van der Waals surface area contributed by atoms with Gasteiger partial charge in [0, 0.05) is 4.47 Å². The molecule has 0 atom stereocenters. The summed E-state index contributed by atoms with van der Waals surface area (Å²) in [5, 5.41) is 0. The van der Waals surface area contributed by atoms with Gasteiger partial charge in [0.1, 0.15) is 5.75 Å². The minimum atomic E-state index is -0.350. The zero-order valence-electron chi connectivity index (χ0n) is 9.31. The summed E-state index contributed by atoms with van der Waals surface area (Å²) in [6.45, 7) is 1.97. The minimum Gasteiger partial charge on any atom is -0.423 e. The minimum absolute atomic E-state index is 0.350. The molecule has 0 spiro atoms. The van der Waals surface area contributed by atoms with Crippen molar-refractivity contribution in [2.45, 2.75) is 6.92 Å². The van der Waals surface area contributed by atoms with Gasteiger partial charge in [-0.15, -0.1) is 0 Å². The zero-order valence-corrected chi connectivity index (χ0v) is 10.9. The standard InChI is InChI=1S/C14H11BrO2/c1-10-7-8-11(9-13(10)15)14(16)17-12-5-3-2-4-6-12/h2-9H,1H3. The van der Waals surface area contributed by atoms with Crippen LogP contribution in [0.2, 0.25) is 0 Å². The molecular weight excluding hydrogens is 280 g/mol. The van der Waals surface area contributed by atoms with E-state index in [0.717, 1.165) is 10.0 Å². The Morgan fingerprint density at radius 1 is 1.12 bits per heavy atom. The topological polar surface area (TPSA) is 26.3 Å². The van der Waals surface area contributed by atoms with Crippen LogP contribution in [0, 0.1) is 6.92 Å². The molecule has 0 aromatic heterocycles. The molecule has 0 amide bonds. The summed E-state index contributed by atoms with van der Waals surface area (Å²) in [7, 11) is 0. The van der Waals surface area contributed by atoms with Crippen LogP contribution >= 0.6 is 15.9 Å². The van der Waals surface area contributed by atoms with Gasteiger partial charge in [-0.2, -0.15) is 0 Å². The van der Waals surface area contributed by atoms with E-state index >= 15 is 0 Å².